The summed E-state index contributed by atoms with van der Waals surface area (Å²) in [5, 5.41) is 3.65. The monoisotopic (exact) mass is 329 g/mol. The standard InChI is InChI=1S/C14H20IN/c1-11(10-16-14-3-2-4-14)9-12-5-7-13(15)8-6-12/h5-8,11,14,16H,2-4,9-10H2,1H3. The van der Waals surface area contributed by atoms with Crippen LogP contribution in [0.15, 0.2) is 24.3 Å². The first-order valence-corrected chi connectivity index (χ1v) is 7.30. The zero-order valence-corrected chi connectivity index (χ0v) is 12.0. The van der Waals surface area contributed by atoms with Crippen LogP contribution in [-0.2, 0) is 6.42 Å². The topological polar surface area (TPSA) is 12.0 Å². The van der Waals surface area contributed by atoms with Crippen LogP contribution in [0.2, 0.25) is 0 Å². The summed E-state index contributed by atoms with van der Waals surface area (Å²) >= 11 is 2.36. The van der Waals surface area contributed by atoms with Crippen molar-refractivity contribution in [3.63, 3.8) is 0 Å². The SMILES string of the molecule is CC(CNC1CCC1)Cc1ccc(I)cc1. The normalized spacial score (nSPS) is 18.1. The lowest BCUT2D eigenvalue weighted by molar-refractivity contribution is 0.320. The van der Waals surface area contributed by atoms with Crippen LogP contribution in [0.4, 0.5) is 0 Å². The van der Waals surface area contributed by atoms with E-state index in [9.17, 15) is 0 Å². The van der Waals surface area contributed by atoms with Gasteiger partial charge in [-0.2, -0.15) is 0 Å². The highest BCUT2D eigenvalue weighted by molar-refractivity contribution is 14.1. The highest BCUT2D eigenvalue weighted by Gasteiger charge is 2.17. The van der Waals surface area contributed by atoms with Gasteiger partial charge in [0.25, 0.3) is 0 Å². The average Bonchev–Trinajstić information content (AvgIpc) is 2.19. The van der Waals surface area contributed by atoms with E-state index in [0.29, 0.717) is 0 Å². The fourth-order valence-corrected chi connectivity index (χ4v) is 2.43. The molecule has 0 amide bonds. The number of hydrogen-bond acceptors (Lipinski definition) is 1. The molecule has 1 aliphatic carbocycles. The van der Waals surface area contributed by atoms with E-state index < -0.39 is 0 Å². The van der Waals surface area contributed by atoms with Crippen molar-refractivity contribution in [2.24, 2.45) is 5.92 Å². The van der Waals surface area contributed by atoms with Gasteiger partial charge in [-0.1, -0.05) is 25.5 Å². The van der Waals surface area contributed by atoms with E-state index >= 15 is 0 Å². The summed E-state index contributed by atoms with van der Waals surface area (Å²) in [5.41, 5.74) is 1.46. The Kier molecular flexibility index (Phi) is 4.65. The lowest BCUT2D eigenvalue weighted by Crippen LogP contribution is -2.38. The van der Waals surface area contributed by atoms with Gasteiger partial charge >= 0.3 is 0 Å². The van der Waals surface area contributed by atoms with Crippen LogP contribution in [0.25, 0.3) is 0 Å². The molecule has 1 unspecified atom stereocenters. The fourth-order valence-electron chi connectivity index (χ4n) is 2.08. The van der Waals surface area contributed by atoms with E-state index in [1.807, 2.05) is 0 Å². The van der Waals surface area contributed by atoms with Gasteiger partial charge in [0.15, 0.2) is 0 Å². The molecule has 88 valence electrons. The molecular formula is C14H20IN. The minimum absolute atomic E-state index is 0.737. The van der Waals surface area contributed by atoms with Gasteiger partial charge in [-0.05, 0) is 72.0 Å². The molecule has 0 aliphatic heterocycles. The van der Waals surface area contributed by atoms with Gasteiger partial charge in [0.2, 0.25) is 0 Å². The number of benzene rings is 1. The number of rotatable bonds is 5. The Morgan fingerprint density at radius 3 is 2.56 bits per heavy atom. The largest absolute Gasteiger partial charge is 0.314 e. The minimum atomic E-state index is 0.737. The smallest absolute Gasteiger partial charge is 0.0130 e. The van der Waals surface area contributed by atoms with Crippen LogP contribution in [0.1, 0.15) is 31.7 Å². The Balaban J connectivity index is 1.73. The Morgan fingerprint density at radius 1 is 1.31 bits per heavy atom. The van der Waals surface area contributed by atoms with Crippen LogP contribution in [-0.4, -0.2) is 12.6 Å². The second-order valence-corrected chi connectivity index (χ2v) is 6.22. The quantitative estimate of drug-likeness (QED) is 0.814. The number of nitrogens with one attached hydrogen (secondary N) is 1. The summed E-state index contributed by atoms with van der Waals surface area (Å²) in [6.45, 7) is 3.50. The maximum absolute atomic E-state index is 3.65. The van der Waals surface area contributed by atoms with E-state index in [1.165, 1.54) is 34.8 Å². The third-order valence-corrected chi connectivity index (χ3v) is 4.08. The number of halogens is 1. The Labute approximate surface area is 112 Å². The number of hydrogen-bond donors (Lipinski definition) is 1. The van der Waals surface area contributed by atoms with Gasteiger partial charge in [0, 0.05) is 9.61 Å². The molecule has 0 saturated heterocycles. The van der Waals surface area contributed by atoms with Crippen molar-refractivity contribution in [3.05, 3.63) is 33.4 Å². The van der Waals surface area contributed by atoms with Crippen molar-refractivity contribution >= 4 is 22.6 Å². The van der Waals surface area contributed by atoms with Gasteiger partial charge in [-0.15, -0.1) is 0 Å². The van der Waals surface area contributed by atoms with Crippen molar-refractivity contribution in [2.45, 2.75) is 38.6 Å². The highest BCUT2D eigenvalue weighted by Crippen LogP contribution is 2.18. The van der Waals surface area contributed by atoms with Crippen LogP contribution < -0.4 is 5.32 Å². The van der Waals surface area contributed by atoms with Crippen LogP contribution in [0, 0.1) is 9.49 Å². The van der Waals surface area contributed by atoms with Gasteiger partial charge in [-0.25, -0.2) is 0 Å². The third kappa shape index (κ3) is 3.74. The molecule has 1 N–H and O–H groups in total. The van der Waals surface area contributed by atoms with Gasteiger partial charge in [-0.3, -0.25) is 0 Å². The van der Waals surface area contributed by atoms with E-state index in [-0.39, 0.29) is 0 Å². The maximum Gasteiger partial charge on any atom is 0.0130 e. The lowest BCUT2D eigenvalue weighted by Gasteiger charge is -2.28. The maximum atomic E-state index is 3.65. The fraction of sp³-hybridized carbons (Fsp3) is 0.571. The molecule has 2 rings (SSSR count). The summed E-state index contributed by atoms with van der Waals surface area (Å²) in [6, 6.07) is 9.71. The molecule has 1 fully saturated rings. The molecule has 0 bridgehead atoms. The third-order valence-electron chi connectivity index (χ3n) is 3.36. The molecule has 1 atom stereocenters. The molecule has 0 heterocycles. The molecule has 1 aliphatic rings. The second kappa shape index (κ2) is 6.01. The Morgan fingerprint density at radius 2 is 2.00 bits per heavy atom. The molecule has 1 aromatic rings. The predicted molar refractivity (Wildman–Crippen MR) is 77.7 cm³/mol. The predicted octanol–water partition coefficient (Wildman–Crippen LogP) is 3.61. The molecule has 1 nitrogen and oxygen atoms in total. The Bertz CT molecular complexity index is 316. The van der Waals surface area contributed by atoms with E-state index in [0.717, 1.165) is 18.5 Å². The summed E-state index contributed by atoms with van der Waals surface area (Å²) in [6.07, 6.45) is 5.38. The first-order valence-electron chi connectivity index (χ1n) is 6.22. The average molecular weight is 329 g/mol. The van der Waals surface area contributed by atoms with Crippen LogP contribution >= 0.6 is 22.6 Å². The van der Waals surface area contributed by atoms with Crippen molar-refractivity contribution in [1.82, 2.24) is 5.32 Å². The molecule has 16 heavy (non-hydrogen) atoms. The van der Waals surface area contributed by atoms with E-state index in [2.05, 4.69) is 59.1 Å². The lowest BCUT2D eigenvalue weighted by atomic mass is 9.92. The summed E-state index contributed by atoms with van der Waals surface area (Å²) < 4.78 is 1.32. The first-order chi connectivity index (χ1) is 7.74. The molecule has 0 aromatic heterocycles. The molecular weight excluding hydrogens is 309 g/mol. The van der Waals surface area contributed by atoms with Gasteiger partial charge in [0.1, 0.15) is 0 Å². The second-order valence-electron chi connectivity index (χ2n) is 4.97. The molecule has 2 heteroatoms. The molecule has 1 saturated carbocycles. The van der Waals surface area contributed by atoms with Crippen molar-refractivity contribution in [1.29, 1.82) is 0 Å². The zero-order valence-electron chi connectivity index (χ0n) is 9.88. The van der Waals surface area contributed by atoms with Crippen molar-refractivity contribution < 1.29 is 0 Å². The first kappa shape index (κ1) is 12.4. The summed E-state index contributed by atoms with van der Waals surface area (Å²) in [4.78, 5) is 0. The van der Waals surface area contributed by atoms with Crippen molar-refractivity contribution in [3.8, 4) is 0 Å². The van der Waals surface area contributed by atoms with Crippen LogP contribution in [0.3, 0.4) is 0 Å². The van der Waals surface area contributed by atoms with E-state index in [1.54, 1.807) is 0 Å². The molecule has 1 aromatic carbocycles. The van der Waals surface area contributed by atoms with Gasteiger partial charge in [0.05, 0.1) is 0 Å². The van der Waals surface area contributed by atoms with Crippen LogP contribution in [0.5, 0.6) is 0 Å². The van der Waals surface area contributed by atoms with Crippen molar-refractivity contribution in [2.75, 3.05) is 6.54 Å². The minimum Gasteiger partial charge on any atom is -0.314 e. The molecule has 0 spiro atoms. The highest BCUT2D eigenvalue weighted by atomic mass is 127. The summed E-state index contributed by atoms with van der Waals surface area (Å²) in [5.74, 6) is 0.737. The zero-order chi connectivity index (χ0) is 11.4. The summed E-state index contributed by atoms with van der Waals surface area (Å²) in [7, 11) is 0. The van der Waals surface area contributed by atoms with E-state index in [4.69, 9.17) is 0 Å². The molecule has 0 radical (unpaired) electrons. The Hall–Kier alpha value is -0.0900. The van der Waals surface area contributed by atoms with Gasteiger partial charge < -0.3 is 5.32 Å².